The molecule has 1 aliphatic rings. The number of aryl methyl sites for hydroxylation is 1. The van der Waals surface area contributed by atoms with Crippen LogP contribution in [0.2, 0.25) is 0 Å². The number of hydrogen-bond donors (Lipinski definition) is 1. The molecule has 2 heterocycles. The van der Waals surface area contributed by atoms with E-state index in [2.05, 4.69) is 15.0 Å². The maximum Gasteiger partial charge on any atom is 0.243 e. The molecule has 1 aromatic heterocycles. The Balaban J connectivity index is 1.96. The van der Waals surface area contributed by atoms with Crippen LogP contribution >= 0.6 is 0 Å². The molecule has 0 bridgehead atoms. The van der Waals surface area contributed by atoms with Gasteiger partial charge >= 0.3 is 0 Å². The van der Waals surface area contributed by atoms with Crippen LogP contribution in [-0.4, -0.2) is 40.9 Å². The fraction of sp³-hybridized carbons (Fsp3) is 0.500. The fourth-order valence-electron chi connectivity index (χ4n) is 3.04. The summed E-state index contributed by atoms with van der Waals surface area (Å²) in [7, 11) is 3.23. The topological polar surface area (TPSA) is 80.9 Å². The lowest BCUT2D eigenvalue weighted by atomic mass is 9.94. The summed E-state index contributed by atoms with van der Waals surface area (Å²) >= 11 is 0. The predicted octanol–water partition coefficient (Wildman–Crippen LogP) is 2.01. The van der Waals surface area contributed by atoms with Crippen molar-refractivity contribution in [2.24, 2.45) is 0 Å². The van der Waals surface area contributed by atoms with Crippen molar-refractivity contribution in [2.75, 3.05) is 20.8 Å². The predicted molar refractivity (Wildman–Crippen MR) is 82.4 cm³/mol. The molecule has 124 valence electrons. The molecule has 1 N–H and O–H groups in total. The third-order valence-electron chi connectivity index (χ3n) is 4.26. The van der Waals surface area contributed by atoms with Crippen molar-refractivity contribution in [3.05, 3.63) is 35.0 Å². The molecule has 2 atom stereocenters. The van der Waals surface area contributed by atoms with E-state index in [9.17, 15) is 5.11 Å². The maximum absolute atomic E-state index is 10.6. The molecule has 0 unspecified atom stereocenters. The molecule has 1 aromatic carbocycles. The molecule has 0 amide bonds. The zero-order valence-corrected chi connectivity index (χ0v) is 13.7. The second-order valence-corrected chi connectivity index (χ2v) is 5.66. The standard InChI is InChI=1S/C16H21N3O4/c1-9(16-17-10(2)18-23-16)19-7-11-13(21-3)5-6-14(22-4)15(11)12(20)8-19/h5-6,9,12,20H,7-8H2,1-4H3/t9-,12-/m0/s1. The molecule has 0 fully saturated rings. The number of aromatic nitrogens is 2. The van der Waals surface area contributed by atoms with Crippen LogP contribution in [0.3, 0.4) is 0 Å². The quantitative estimate of drug-likeness (QED) is 0.923. The molecule has 1 aliphatic heterocycles. The van der Waals surface area contributed by atoms with Crippen LogP contribution in [0.5, 0.6) is 11.5 Å². The number of aliphatic hydroxyl groups is 1. The minimum absolute atomic E-state index is 0.102. The summed E-state index contributed by atoms with van der Waals surface area (Å²) in [6, 6.07) is 3.58. The van der Waals surface area contributed by atoms with E-state index in [4.69, 9.17) is 14.0 Å². The molecule has 7 heteroatoms. The summed E-state index contributed by atoms with van der Waals surface area (Å²) in [4.78, 5) is 6.37. The first-order valence-electron chi connectivity index (χ1n) is 7.51. The summed E-state index contributed by atoms with van der Waals surface area (Å²) < 4.78 is 16.1. The van der Waals surface area contributed by atoms with E-state index in [1.54, 1.807) is 21.1 Å². The number of fused-ring (bicyclic) bond motifs is 1. The maximum atomic E-state index is 10.6. The van der Waals surface area contributed by atoms with Crippen molar-refractivity contribution < 1.29 is 19.1 Å². The molecular formula is C16H21N3O4. The van der Waals surface area contributed by atoms with Gasteiger partial charge < -0.3 is 19.1 Å². The summed E-state index contributed by atoms with van der Waals surface area (Å²) in [5, 5.41) is 14.5. The lowest BCUT2D eigenvalue weighted by Crippen LogP contribution is -2.36. The van der Waals surface area contributed by atoms with Gasteiger partial charge in [0.1, 0.15) is 11.5 Å². The molecule has 0 saturated heterocycles. The van der Waals surface area contributed by atoms with Crippen LogP contribution in [0.25, 0.3) is 0 Å². The fourth-order valence-corrected chi connectivity index (χ4v) is 3.04. The molecule has 2 aromatic rings. The number of benzene rings is 1. The Morgan fingerprint density at radius 3 is 2.61 bits per heavy atom. The third-order valence-corrected chi connectivity index (χ3v) is 4.26. The van der Waals surface area contributed by atoms with Crippen molar-refractivity contribution in [1.82, 2.24) is 15.0 Å². The van der Waals surface area contributed by atoms with Gasteiger partial charge in [-0.05, 0) is 26.0 Å². The molecule has 23 heavy (non-hydrogen) atoms. The zero-order chi connectivity index (χ0) is 16.6. The Morgan fingerprint density at radius 2 is 2.00 bits per heavy atom. The van der Waals surface area contributed by atoms with Gasteiger partial charge in [-0.1, -0.05) is 5.16 Å². The van der Waals surface area contributed by atoms with E-state index < -0.39 is 6.10 Å². The number of hydrogen-bond acceptors (Lipinski definition) is 7. The minimum Gasteiger partial charge on any atom is -0.496 e. The number of β-amino-alcohol motifs (C(OH)–C–C–N with tert-alkyl or cyclic N) is 1. The molecule has 0 spiro atoms. The number of rotatable bonds is 4. The highest BCUT2D eigenvalue weighted by molar-refractivity contribution is 5.51. The van der Waals surface area contributed by atoms with Gasteiger partial charge in [0.2, 0.25) is 5.89 Å². The Labute approximate surface area is 134 Å². The average molecular weight is 319 g/mol. The first-order chi connectivity index (χ1) is 11.0. The van der Waals surface area contributed by atoms with Crippen LogP contribution in [0.1, 0.15) is 41.9 Å². The number of nitrogens with zero attached hydrogens (tertiary/aromatic N) is 3. The van der Waals surface area contributed by atoms with Crippen molar-refractivity contribution in [3.8, 4) is 11.5 Å². The monoisotopic (exact) mass is 319 g/mol. The highest BCUT2D eigenvalue weighted by Crippen LogP contribution is 2.41. The molecule has 7 nitrogen and oxygen atoms in total. The van der Waals surface area contributed by atoms with E-state index in [-0.39, 0.29) is 6.04 Å². The van der Waals surface area contributed by atoms with Crippen molar-refractivity contribution >= 4 is 0 Å². The Bertz CT molecular complexity index is 701. The van der Waals surface area contributed by atoms with Crippen LogP contribution < -0.4 is 9.47 Å². The minimum atomic E-state index is -0.671. The summed E-state index contributed by atoms with van der Waals surface area (Å²) in [6.45, 7) is 4.83. The molecule has 0 aliphatic carbocycles. The number of ether oxygens (including phenoxy) is 2. The van der Waals surface area contributed by atoms with Crippen LogP contribution in [0.4, 0.5) is 0 Å². The van der Waals surface area contributed by atoms with Gasteiger partial charge in [0, 0.05) is 24.2 Å². The van der Waals surface area contributed by atoms with Gasteiger partial charge in [-0.15, -0.1) is 0 Å². The second-order valence-electron chi connectivity index (χ2n) is 5.66. The van der Waals surface area contributed by atoms with E-state index >= 15 is 0 Å². The zero-order valence-electron chi connectivity index (χ0n) is 13.7. The lowest BCUT2D eigenvalue weighted by molar-refractivity contribution is 0.0567. The Hall–Kier alpha value is -2.12. The van der Waals surface area contributed by atoms with Gasteiger partial charge in [0.05, 0.1) is 26.4 Å². The molecular weight excluding hydrogens is 298 g/mol. The van der Waals surface area contributed by atoms with E-state index in [0.717, 1.165) is 16.9 Å². The van der Waals surface area contributed by atoms with Gasteiger partial charge in [0.25, 0.3) is 0 Å². The first kappa shape index (κ1) is 15.8. The van der Waals surface area contributed by atoms with Gasteiger partial charge in [-0.25, -0.2) is 0 Å². The average Bonchev–Trinajstić information content (AvgIpc) is 2.99. The van der Waals surface area contributed by atoms with E-state index in [0.29, 0.717) is 30.6 Å². The lowest BCUT2D eigenvalue weighted by Gasteiger charge is -2.36. The Morgan fingerprint density at radius 1 is 1.30 bits per heavy atom. The van der Waals surface area contributed by atoms with E-state index in [1.165, 1.54) is 0 Å². The van der Waals surface area contributed by atoms with Gasteiger partial charge in [-0.3, -0.25) is 4.90 Å². The largest absolute Gasteiger partial charge is 0.496 e. The van der Waals surface area contributed by atoms with Gasteiger partial charge in [0.15, 0.2) is 5.82 Å². The Kier molecular flexibility index (Phi) is 4.23. The van der Waals surface area contributed by atoms with Crippen LogP contribution in [0, 0.1) is 6.92 Å². The second kappa shape index (κ2) is 6.17. The van der Waals surface area contributed by atoms with Crippen molar-refractivity contribution in [2.45, 2.75) is 32.5 Å². The SMILES string of the molecule is COc1ccc(OC)c2c1CN([C@@H](C)c1nc(C)no1)C[C@@H]2O. The molecule has 0 saturated carbocycles. The first-order valence-corrected chi connectivity index (χ1v) is 7.51. The summed E-state index contributed by atoms with van der Waals surface area (Å²) in [5.74, 6) is 2.55. The highest BCUT2D eigenvalue weighted by atomic mass is 16.5. The highest BCUT2D eigenvalue weighted by Gasteiger charge is 2.33. The van der Waals surface area contributed by atoms with E-state index in [1.807, 2.05) is 19.1 Å². The van der Waals surface area contributed by atoms with Crippen molar-refractivity contribution in [1.29, 1.82) is 0 Å². The third kappa shape index (κ3) is 2.77. The van der Waals surface area contributed by atoms with Crippen molar-refractivity contribution in [3.63, 3.8) is 0 Å². The van der Waals surface area contributed by atoms with Gasteiger partial charge in [-0.2, -0.15) is 4.98 Å². The molecule has 0 radical (unpaired) electrons. The summed E-state index contributed by atoms with van der Waals surface area (Å²) in [5.41, 5.74) is 1.71. The van der Waals surface area contributed by atoms with Crippen LogP contribution in [0.15, 0.2) is 16.7 Å². The summed E-state index contributed by atoms with van der Waals surface area (Å²) in [6.07, 6.45) is -0.671. The normalized spacial score (nSPS) is 19.3. The molecule has 3 rings (SSSR count). The number of aliphatic hydroxyl groups excluding tert-OH is 1. The van der Waals surface area contributed by atoms with Crippen LogP contribution in [-0.2, 0) is 6.54 Å². The number of methoxy groups -OCH3 is 2. The smallest absolute Gasteiger partial charge is 0.243 e.